The number of piperazine rings is 1. The molecule has 37 heavy (non-hydrogen) atoms. The molecule has 0 aliphatic carbocycles. The fourth-order valence-corrected chi connectivity index (χ4v) is 7.88. The van der Waals surface area contributed by atoms with E-state index in [0.29, 0.717) is 25.4 Å². The zero-order chi connectivity index (χ0) is 26.2. The first kappa shape index (κ1) is 25.9. The van der Waals surface area contributed by atoms with Gasteiger partial charge in [0.1, 0.15) is 5.75 Å². The number of hydrogen-bond acceptors (Lipinski definition) is 6. The van der Waals surface area contributed by atoms with E-state index >= 15 is 0 Å². The lowest BCUT2D eigenvalue weighted by molar-refractivity contribution is -0.135. The van der Waals surface area contributed by atoms with Gasteiger partial charge in [0.05, 0.1) is 24.6 Å². The number of amides is 1. The fourth-order valence-electron chi connectivity index (χ4n) is 5.36. The predicted octanol–water partition coefficient (Wildman–Crippen LogP) is 3.93. The van der Waals surface area contributed by atoms with Crippen molar-refractivity contribution in [1.29, 1.82) is 0 Å². The van der Waals surface area contributed by atoms with Crippen molar-refractivity contribution in [2.24, 2.45) is 0 Å². The summed E-state index contributed by atoms with van der Waals surface area (Å²) in [5.74, 6) is 0.655. The summed E-state index contributed by atoms with van der Waals surface area (Å²) in [6.45, 7) is 6.11. The Bertz CT molecular complexity index is 1350. The molecular formula is C28H33N3O4S2. The first-order valence-corrected chi connectivity index (χ1v) is 14.9. The number of methoxy groups -OCH3 is 1. The Balaban J connectivity index is 1.29. The highest BCUT2D eigenvalue weighted by Crippen LogP contribution is 2.37. The monoisotopic (exact) mass is 539 g/mol. The van der Waals surface area contributed by atoms with Crippen LogP contribution in [0.15, 0.2) is 64.9 Å². The van der Waals surface area contributed by atoms with Gasteiger partial charge in [0.2, 0.25) is 15.9 Å². The molecule has 5 rings (SSSR count). The van der Waals surface area contributed by atoms with Crippen LogP contribution in [-0.2, 0) is 21.2 Å². The van der Waals surface area contributed by atoms with E-state index < -0.39 is 10.0 Å². The molecule has 3 heterocycles. The normalized spacial score (nSPS) is 21.0. The zero-order valence-corrected chi connectivity index (χ0v) is 23.1. The molecule has 1 saturated heterocycles. The minimum absolute atomic E-state index is 0.0455. The Labute approximate surface area is 223 Å². The highest BCUT2D eigenvalue weighted by Gasteiger charge is 2.37. The average Bonchev–Trinajstić information content (AvgIpc) is 3.38. The summed E-state index contributed by atoms with van der Waals surface area (Å²) >= 11 is 1.79. The van der Waals surface area contributed by atoms with E-state index in [1.807, 2.05) is 11.8 Å². The third-order valence-electron chi connectivity index (χ3n) is 7.38. The fraction of sp³-hybridized carbons (Fsp3) is 0.393. The second-order valence-corrected chi connectivity index (χ2v) is 12.7. The first-order valence-electron chi connectivity index (χ1n) is 12.6. The summed E-state index contributed by atoms with van der Waals surface area (Å²) in [4.78, 5) is 19.2. The number of sulfonamides is 1. The molecule has 1 fully saturated rings. The largest absolute Gasteiger partial charge is 0.497 e. The van der Waals surface area contributed by atoms with E-state index in [0.717, 1.165) is 13.0 Å². The van der Waals surface area contributed by atoms with E-state index in [9.17, 15) is 13.2 Å². The molecule has 2 aromatic carbocycles. The van der Waals surface area contributed by atoms with Crippen LogP contribution < -0.4 is 4.74 Å². The van der Waals surface area contributed by atoms with Gasteiger partial charge in [-0.05, 0) is 67.1 Å². The number of thiophene rings is 1. The van der Waals surface area contributed by atoms with Crippen LogP contribution in [0.5, 0.6) is 5.75 Å². The quantitative estimate of drug-likeness (QED) is 0.475. The minimum Gasteiger partial charge on any atom is -0.497 e. The zero-order valence-electron chi connectivity index (χ0n) is 21.5. The van der Waals surface area contributed by atoms with Crippen LogP contribution in [0.1, 0.15) is 34.5 Å². The lowest BCUT2D eigenvalue weighted by Gasteiger charge is -2.41. The minimum atomic E-state index is -3.66. The van der Waals surface area contributed by atoms with Crippen LogP contribution in [0.4, 0.5) is 0 Å². The van der Waals surface area contributed by atoms with Gasteiger partial charge in [-0.1, -0.05) is 29.8 Å². The number of nitrogens with zero attached hydrogens (tertiary/aromatic N) is 3. The number of aryl methyl sites for hydroxylation is 1. The lowest BCUT2D eigenvalue weighted by atomic mass is 9.92. The average molecular weight is 540 g/mol. The molecular weight excluding hydrogens is 506 g/mol. The van der Waals surface area contributed by atoms with Gasteiger partial charge in [-0.3, -0.25) is 9.69 Å². The van der Waals surface area contributed by atoms with Crippen molar-refractivity contribution in [2.75, 3.05) is 39.8 Å². The SMILES string of the molecule is COc1ccc(S(=O)(=O)N2CCN(C(=O)CN3CCc4sccc4C3c3ccc(C)cc3)CC2C)cc1. The third-order valence-corrected chi connectivity index (χ3v) is 10.4. The van der Waals surface area contributed by atoms with Crippen LogP contribution >= 0.6 is 11.3 Å². The van der Waals surface area contributed by atoms with Gasteiger partial charge in [0.25, 0.3) is 0 Å². The third kappa shape index (κ3) is 5.18. The van der Waals surface area contributed by atoms with Crippen molar-refractivity contribution in [3.63, 3.8) is 0 Å². The summed E-state index contributed by atoms with van der Waals surface area (Å²) in [7, 11) is -2.11. The molecule has 3 aromatic rings. The van der Waals surface area contributed by atoms with Gasteiger partial charge in [0, 0.05) is 37.1 Å². The molecule has 1 amide bonds. The maximum Gasteiger partial charge on any atom is 0.243 e. The molecule has 2 aliphatic heterocycles. The highest BCUT2D eigenvalue weighted by atomic mass is 32.2. The van der Waals surface area contributed by atoms with E-state index in [-0.39, 0.29) is 29.4 Å². The van der Waals surface area contributed by atoms with E-state index in [2.05, 4.69) is 47.5 Å². The van der Waals surface area contributed by atoms with E-state index in [4.69, 9.17) is 4.74 Å². The second kappa shape index (κ2) is 10.6. The molecule has 0 saturated carbocycles. The summed E-state index contributed by atoms with van der Waals surface area (Å²) in [5, 5.41) is 2.14. The smallest absolute Gasteiger partial charge is 0.243 e. The van der Waals surface area contributed by atoms with Crippen LogP contribution in [0, 0.1) is 6.92 Å². The number of carbonyl (C=O) groups is 1. The van der Waals surface area contributed by atoms with Crippen LogP contribution in [0.25, 0.3) is 0 Å². The van der Waals surface area contributed by atoms with Crippen molar-refractivity contribution in [1.82, 2.24) is 14.1 Å². The topological polar surface area (TPSA) is 70.2 Å². The van der Waals surface area contributed by atoms with E-state index in [1.54, 1.807) is 42.7 Å². The van der Waals surface area contributed by atoms with Crippen molar-refractivity contribution in [3.05, 3.63) is 81.5 Å². The van der Waals surface area contributed by atoms with E-state index in [1.165, 1.54) is 25.9 Å². The number of benzene rings is 2. The molecule has 2 aliphatic rings. The Morgan fingerprint density at radius 1 is 1.03 bits per heavy atom. The van der Waals surface area contributed by atoms with Gasteiger partial charge in [-0.2, -0.15) is 4.31 Å². The van der Waals surface area contributed by atoms with Crippen LogP contribution in [0.3, 0.4) is 0 Å². The summed E-state index contributed by atoms with van der Waals surface area (Å²) in [6.07, 6.45) is 0.937. The molecule has 196 valence electrons. The van der Waals surface area contributed by atoms with Gasteiger partial charge in [-0.15, -0.1) is 11.3 Å². The summed E-state index contributed by atoms with van der Waals surface area (Å²) in [6, 6.07) is 16.9. The molecule has 7 nitrogen and oxygen atoms in total. The Kier molecular flexibility index (Phi) is 7.40. The number of fused-ring (bicyclic) bond motifs is 1. The van der Waals surface area contributed by atoms with Crippen molar-refractivity contribution in [3.8, 4) is 5.75 Å². The molecule has 1 aromatic heterocycles. The maximum atomic E-state index is 13.5. The maximum absolute atomic E-state index is 13.5. The number of ether oxygens (including phenoxy) is 1. The molecule has 9 heteroatoms. The molecule has 0 radical (unpaired) electrons. The first-order chi connectivity index (χ1) is 17.8. The second-order valence-electron chi connectivity index (χ2n) is 9.81. The lowest BCUT2D eigenvalue weighted by Crippen LogP contribution is -2.57. The Morgan fingerprint density at radius 2 is 1.76 bits per heavy atom. The standard InChI is InChI=1S/C28H33N3O4S2/c1-20-4-6-22(7-5-20)28-25-13-17-36-26(25)12-14-30(28)19-27(32)29-15-16-31(21(2)18-29)37(33,34)24-10-8-23(35-3)9-11-24/h4-11,13,17,21,28H,12,14-16,18-19H2,1-3H3. The molecule has 0 bridgehead atoms. The molecule has 0 N–H and O–H groups in total. The number of carbonyl (C=O) groups excluding carboxylic acids is 1. The number of rotatable bonds is 6. The van der Waals surface area contributed by atoms with Gasteiger partial charge in [0.15, 0.2) is 0 Å². The molecule has 0 spiro atoms. The summed E-state index contributed by atoms with van der Waals surface area (Å²) < 4.78 is 33.2. The van der Waals surface area contributed by atoms with Crippen LogP contribution in [0.2, 0.25) is 0 Å². The highest BCUT2D eigenvalue weighted by molar-refractivity contribution is 7.89. The van der Waals surface area contributed by atoms with Gasteiger partial charge >= 0.3 is 0 Å². The number of hydrogen-bond donors (Lipinski definition) is 0. The molecule has 2 atom stereocenters. The van der Waals surface area contributed by atoms with Crippen LogP contribution in [-0.4, -0.2) is 74.3 Å². The van der Waals surface area contributed by atoms with Crippen molar-refractivity contribution in [2.45, 2.75) is 37.2 Å². The predicted molar refractivity (Wildman–Crippen MR) is 146 cm³/mol. The Morgan fingerprint density at radius 3 is 2.43 bits per heavy atom. The van der Waals surface area contributed by atoms with Gasteiger partial charge in [-0.25, -0.2) is 8.42 Å². The van der Waals surface area contributed by atoms with Crippen molar-refractivity contribution < 1.29 is 17.9 Å². The molecule has 2 unspecified atom stereocenters. The van der Waals surface area contributed by atoms with Gasteiger partial charge < -0.3 is 9.64 Å². The Hall–Kier alpha value is -2.72. The summed E-state index contributed by atoms with van der Waals surface area (Å²) in [5.41, 5.74) is 3.70. The van der Waals surface area contributed by atoms with Crippen molar-refractivity contribution >= 4 is 27.3 Å².